The predicted molar refractivity (Wildman–Crippen MR) is 94.8 cm³/mol. The van der Waals surface area contributed by atoms with E-state index in [0.717, 1.165) is 26.1 Å². The SMILES string of the molecule is CC(C)CN(CCC(N)=S)CC1CCCc2ccccc21. The minimum atomic E-state index is 0.632. The highest BCUT2D eigenvalue weighted by Crippen LogP contribution is 2.32. The fourth-order valence-corrected chi connectivity index (χ4v) is 3.49. The van der Waals surface area contributed by atoms with Gasteiger partial charge in [-0.1, -0.05) is 50.3 Å². The Morgan fingerprint density at radius 1 is 1.38 bits per heavy atom. The van der Waals surface area contributed by atoms with Crippen LogP contribution in [-0.2, 0) is 6.42 Å². The van der Waals surface area contributed by atoms with Crippen molar-refractivity contribution in [2.24, 2.45) is 11.7 Å². The highest BCUT2D eigenvalue weighted by Gasteiger charge is 2.22. The second-order valence-corrected chi connectivity index (χ2v) is 7.18. The zero-order chi connectivity index (χ0) is 15.2. The minimum Gasteiger partial charge on any atom is -0.393 e. The molecule has 0 saturated carbocycles. The lowest BCUT2D eigenvalue weighted by molar-refractivity contribution is 0.228. The van der Waals surface area contributed by atoms with E-state index >= 15 is 0 Å². The monoisotopic (exact) mass is 304 g/mol. The van der Waals surface area contributed by atoms with E-state index in [4.69, 9.17) is 18.0 Å². The summed E-state index contributed by atoms with van der Waals surface area (Å²) in [6.45, 7) is 7.82. The molecule has 1 atom stereocenters. The van der Waals surface area contributed by atoms with E-state index in [2.05, 4.69) is 43.0 Å². The molecule has 0 aliphatic heterocycles. The molecule has 2 nitrogen and oxygen atoms in total. The van der Waals surface area contributed by atoms with E-state index in [1.165, 1.54) is 19.3 Å². The maximum atomic E-state index is 5.69. The molecule has 116 valence electrons. The number of rotatable bonds is 7. The summed E-state index contributed by atoms with van der Waals surface area (Å²) in [5.74, 6) is 1.34. The van der Waals surface area contributed by atoms with Crippen LogP contribution in [0.25, 0.3) is 0 Å². The summed E-state index contributed by atoms with van der Waals surface area (Å²) >= 11 is 5.05. The van der Waals surface area contributed by atoms with Crippen LogP contribution in [0.3, 0.4) is 0 Å². The first-order valence-electron chi connectivity index (χ1n) is 8.14. The number of hydrogen-bond donors (Lipinski definition) is 1. The summed E-state index contributed by atoms with van der Waals surface area (Å²) in [7, 11) is 0. The van der Waals surface area contributed by atoms with Crippen molar-refractivity contribution in [2.75, 3.05) is 19.6 Å². The molecule has 1 aliphatic rings. The molecular formula is C18H28N2S. The van der Waals surface area contributed by atoms with Crippen LogP contribution in [0.4, 0.5) is 0 Å². The van der Waals surface area contributed by atoms with Gasteiger partial charge in [-0.05, 0) is 42.2 Å². The van der Waals surface area contributed by atoms with Crippen LogP contribution in [0.5, 0.6) is 0 Å². The molecule has 0 saturated heterocycles. The molecule has 0 radical (unpaired) electrons. The lowest BCUT2D eigenvalue weighted by Crippen LogP contribution is -2.35. The second-order valence-electron chi connectivity index (χ2n) is 6.66. The Hall–Kier alpha value is -0.930. The van der Waals surface area contributed by atoms with Crippen molar-refractivity contribution in [2.45, 2.75) is 45.4 Å². The molecule has 1 aromatic carbocycles. The number of benzene rings is 1. The number of nitrogens with zero attached hydrogens (tertiary/aromatic N) is 1. The van der Waals surface area contributed by atoms with Crippen molar-refractivity contribution in [1.29, 1.82) is 0 Å². The molecule has 21 heavy (non-hydrogen) atoms. The third-order valence-electron chi connectivity index (χ3n) is 4.27. The third kappa shape index (κ3) is 5.08. The lowest BCUT2D eigenvalue weighted by atomic mass is 9.82. The molecule has 3 heteroatoms. The number of thiocarbonyl (C=S) groups is 1. The van der Waals surface area contributed by atoms with Gasteiger partial charge in [0.1, 0.15) is 0 Å². The number of aryl methyl sites for hydroxylation is 1. The Morgan fingerprint density at radius 3 is 2.86 bits per heavy atom. The molecule has 1 aliphatic carbocycles. The van der Waals surface area contributed by atoms with Crippen molar-refractivity contribution >= 4 is 17.2 Å². The maximum Gasteiger partial charge on any atom is 0.0740 e. The molecule has 1 aromatic rings. The molecular weight excluding hydrogens is 276 g/mol. The number of fused-ring (bicyclic) bond motifs is 1. The van der Waals surface area contributed by atoms with Gasteiger partial charge in [-0.2, -0.15) is 0 Å². The second kappa shape index (κ2) is 7.90. The van der Waals surface area contributed by atoms with Gasteiger partial charge in [0.15, 0.2) is 0 Å². The quantitative estimate of drug-likeness (QED) is 0.778. The van der Waals surface area contributed by atoms with Crippen molar-refractivity contribution in [1.82, 2.24) is 4.90 Å². The van der Waals surface area contributed by atoms with Gasteiger partial charge in [-0.15, -0.1) is 0 Å². The Bertz CT molecular complexity index is 470. The summed E-state index contributed by atoms with van der Waals surface area (Å²) in [6, 6.07) is 8.96. The Balaban J connectivity index is 2.04. The first kappa shape index (κ1) is 16.4. The molecule has 2 rings (SSSR count). The standard InChI is InChI=1S/C18H28N2S/c1-14(2)12-20(11-10-18(19)21)13-16-8-5-7-15-6-3-4-9-17(15)16/h3-4,6,9,14,16H,5,7-8,10-13H2,1-2H3,(H2,19,21). The topological polar surface area (TPSA) is 29.3 Å². The van der Waals surface area contributed by atoms with E-state index < -0.39 is 0 Å². The van der Waals surface area contributed by atoms with E-state index in [1.807, 2.05) is 0 Å². The van der Waals surface area contributed by atoms with Crippen LogP contribution in [0.15, 0.2) is 24.3 Å². The number of nitrogens with two attached hydrogens (primary N) is 1. The van der Waals surface area contributed by atoms with Crippen LogP contribution in [-0.4, -0.2) is 29.5 Å². The molecule has 0 bridgehead atoms. The Kier molecular flexibility index (Phi) is 6.19. The van der Waals surface area contributed by atoms with Gasteiger partial charge in [-0.3, -0.25) is 0 Å². The molecule has 2 N–H and O–H groups in total. The minimum absolute atomic E-state index is 0.632. The summed E-state index contributed by atoms with van der Waals surface area (Å²) in [5.41, 5.74) is 8.80. The van der Waals surface area contributed by atoms with Crippen LogP contribution < -0.4 is 5.73 Å². The van der Waals surface area contributed by atoms with E-state index in [-0.39, 0.29) is 0 Å². The summed E-state index contributed by atoms with van der Waals surface area (Å²) < 4.78 is 0. The zero-order valence-corrected chi connectivity index (χ0v) is 14.2. The fraction of sp³-hybridized carbons (Fsp3) is 0.611. The molecule has 1 unspecified atom stereocenters. The molecule has 0 amide bonds. The molecule has 0 fully saturated rings. The summed E-state index contributed by atoms with van der Waals surface area (Å²) in [5, 5.41) is 0. The maximum absolute atomic E-state index is 5.69. The highest BCUT2D eigenvalue weighted by molar-refractivity contribution is 7.80. The zero-order valence-electron chi connectivity index (χ0n) is 13.3. The van der Waals surface area contributed by atoms with Gasteiger partial charge in [0.05, 0.1) is 4.99 Å². The average molecular weight is 305 g/mol. The van der Waals surface area contributed by atoms with Crippen LogP contribution >= 0.6 is 12.2 Å². The average Bonchev–Trinajstić information content (AvgIpc) is 2.44. The van der Waals surface area contributed by atoms with Gasteiger partial charge in [0.2, 0.25) is 0 Å². The van der Waals surface area contributed by atoms with E-state index in [9.17, 15) is 0 Å². The van der Waals surface area contributed by atoms with Crippen LogP contribution in [0, 0.1) is 5.92 Å². The van der Waals surface area contributed by atoms with E-state index in [0.29, 0.717) is 16.8 Å². The highest BCUT2D eigenvalue weighted by atomic mass is 32.1. The molecule has 0 heterocycles. The fourth-order valence-electron chi connectivity index (χ4n) is 3.40. The lowest BCUT2D eigenvalue weighted by Gasteiger charge is -2.32. The normalized spacial score (nSPS) is 18.0. The van der Waals surface area contributed by atoms with E-state index in [1.54, 1.807) is 11.1 Å². The van der Waals surface area contributed by atoms with Gasteiger partial charge in [0.25, 0.3) is 0 Å². The van der Waals surface area contributed by atoms with Gasteiger partial charge >= 0.3 is 0 Å². The molecule has 0 spiro atoms. The number of hydrogen-bond acceptors (Lipinski definition) is 2. The van der Waals surface area contributed by atoms with Crippen molar-refractivity contribution in [3.63, 3.8) is 0 Å². The summed E-state index contributed by atoms with van der Waals surface area (Å²) in [4.78, 5) is 3.18. The van der Waals surface area contributed by atoms with Crippen LogP contribution in [0.1, 0.15) is 50.2 Å². The first-order valence-corrected chi connectivity index (χ1v) is 8.55. The van der Waals surface area contributed by atoms with Crippen molar-refractivity contribution in [3.8, 4) is 0 Å². The largest absolute Gasteiger partial charge is 0.393 e. The first-order chi connectivity index (χ1) is 10.1. The van der Waals surface area contributed by atoms with Crippen LogP contribution in [0.2, 0.25) is 0 Å². The Morgan fingerprint density at radius 2 is 2.14 bits per heavy atom. The van der Waals surface area contributed by atoms with Crippen molar-refractivity contribution in [3.05, 3.63) is 35.4 Å². The van der Waals surface area contributed by atoms with Crippen molar-refractivity contribution < 1.29 is 0 Å². The molecule has 0 aromatic heterocycles. The third-order valence-corrected chi connectivity index (χ3v) is 4.47. The van der Waals surface area contributed by atoms with Gasteiger partial charge in [0, 0.05) is 26.1 Å². The van der Waals surface area contributed by atoms with Gasteiger partial charge in [-0.25, -0.2) is 0 Å². The predicted octanol–water partition coefficient (Wildman–Crippen LogP) is 3.74. The Labute approximate surface area is 134 Å². The summed E-state index contributed by atoms with van der Waals surface area (Å²) in [6.07, 6.45) is 4.69. The smallest absolute Gasteiger partial charge is 0.0740 e. The van der Waals surface area contributed by atoms with Gasteiger partial charge < -0.3 is 10.6 Å².